The van der Waals surface area contributed by atoms with Crippen LogP contribution in [0.3, 0.4) is 0 Å². The van der Waals surface area contributed by atoms with Crippen LogP contribution in [0.15, 0.2) is 52.1 Å². The van der Waals surface area contributed by atoms with Gasteiger partial charge in [0.25, 0.3) is 0 Å². The monoisotopic (exact) mass is 455 g/mol. The largest absolute Gasteiger partial charge is 0.484 e. The highest BCUT2D eigenvalue weighted by atomic mass is 79.9. The van der Waals surface area contributed by atoms with Crippen LogP contribution < -0.4 is 4.74 Å². The Labute approximate surface area is 168 Å². The molecule has 0 atom stereocenters. The normalized spacial score (nSPS) is 10.9. The number of benzene rings is 2. The van der Waals surface area contributed by atoms with Crippen molar-refractivity contribution in [1.82, 2.24) is 14.8 Å². The van der Waals surface area contributed by atoms with Crippen molar-refractivity contribution in [2.45, 2.75) is 31.0 Å². The van der Waals surface area contributed by atoms with Crippen molar-refractivity contribution in [3.05, 3.63) is 69.2 Å². The molecule has 0 unspecified atom stereocenters. The van der Waals surface area contributed by atoms with Crippen LogP contribution in [0, 0.1) is 5.82 Å². The first-order valence-corrected chi connectivity index (χ1v) is 10.1. The smallest absolute Gasteiger partial charge is 0.191 e. The molecule has 2 aromatic carbocycles. The number of hydrogen-bond acceptors (Lipinski definition) is 4. The topological polar surface area (TPSA) is 39.9 Å². The van der Waals surface area contributed by atoms with E-state index < -0.39 is 5.82 Å². The number of ether oxygens (including phenoxy) is 1. The van der Waals surface area contributed by atoms with E-state index in [1.54, 1.807) is 11.8 Å². The third-order valence-electron chi connectivity index (χ3n) is 3.64. The second-order valence-corrected chi connectivity index (χ2v) is 7.69. The third-order valence-corrected chi connectivity index (χ3v) is 5.50. The molecule has 0 spiro atoms. The molecular formula is C18H16BrClFN3OS. The predicted octanol–water partition coefficient (Wildman–Crippen LogP) is 5.72. The quantitative estimate of drug-likeness (QED) is 0.426. The van der Waals surface area contributed by atoms with Crippen LogP contribution >= 0.6 is 39.3 Å². The minimum absolute atomic E-state index is 0.213. The summed E-state index contributed by atoms with van der Waals surface area (Å²) in [5, 5.41) is 9.55. The van der Waals surface area contributed by atoms with Crippen LogP contribution in [0.1, 0.15) is 18.3 Å². The summed E-state index contributed by atoms with van der Waals surface area (Å²) in [7, 11) is 0. The first-order valence-electron chi connectivity index (χ1n) is 7.94. The molecule has 0 aliphatic carbocycles. The average Bonchev–Trinajstić information content (AvgIpc) is 3.02. The van der Waals surface area contributed by atoms with E-state index in [2.05, 4.69) is 38.3 Å². The lowest BCUT2D eigenvalue weighted by molar-refractivity contribution is 0.288. The van der Waals surface area contributed by atoms with Gasteiger partial charge in [0, 0.05) is 16.8 Å². The minimum atomic E-state index is -0.397. The number of hydrogen-bond donors (Lipinski definition) is 0. The summed E-state index contributed by atoms with van der Waals surface area (Å²) < 4.78 is 21.8. The molecule has 0 fully saturated rings. The van der Waals surface area contributed by atoms with Crippen LogP contribution in [-0.4, -0.2) is 14.8 Å². The van der Waals surface area contributed by atoms with Crippen molar-refractivity contribution in [2.24, 2.45) is 0 Å². The van der Waals surface area contributed by atoms with Crippen LogP contribution in [0.2, 0.25) is 5.02 Å². The highest BCUT2D eigenvalue weighted by Crippen LogP contribution is 2.27. The van der Waals surface area contributed by atoms with Crippen LogP contribution in [-0.2, 0) is 18.9 Å². The Morgan fingerprint density at radius 1 is 1.19 bits per heavy atom. The van der Waals surface area contributed by atoms with Crippen molar-refractivity contribution in [3.8, 4) is 5.75 Å². The molecule has 26 heavy (non-hydrogen) atoms. The fourth-order valence-electron chi connectivity index (χ4n) is 2.31. The molecule has 0 aliphatic heterocycles. The summed E-state index contributed by atoms with van der Waals surface area (Å²) in [6.45, 7) is 2.97. The van der Waals surface area contributed by atoms with Gasteiger partial charge in [-0.3, -0.25) is 0 Å². The molecule has 3 rings (SSSR count). The molecule has 0 saturated heterocycles. The minimum Gasteiger partial charge on any atom is -0.484 e. The number of thioether (sulfide) groups is 1. The zero-order valence-corrected chi connectivity index (χ0v) is 17.1. The van der Waals surface area contributed by atoms with E-state index in [0.29, 0.717) is 11.6 Å². The molecule has 0 radical (unpaired) electrons. The second-order valence-electron chi connectivity index (χ2n) is 5.42. The van der Waals surface area contributed by atoms with Crippen LogP contribution in [0.4, 0.5) is 4.39 Å². The van der Waals surface area contributed by atoms with Crippen molar-refractivity contribution in [2.75, 3.05) is 0 Å². The summed E-state index contributed by atoms with van der Waals surface area (Å²) in [6.07, 6.45) is 0. The lowest BCUT2D eigenvalue weighted by Gasteiger charge is -2.10. The van der Waals surface area contributed by atoms with E-state index in [4.69, 9.17) is 16.3 Å². The van der Waals surface area contributed by atoms with Crippen molar-refractivity contribution >= 4 is 39.3 Å². The zero-order chi connectivity index (χ0) is 18.5. The molecule has 1 aromatic heterocycles. The maximum absolute atomic E-state index is 13.1. The summed E-state index contributed by atoms with van der Waals surface area (Å²) in [5.74, 6) is 1.52. The van der Waals surface area contributed by atoms with E-state index in [0.717, 1.165) is 21.9 Å². The Morgan fingerprint density at radius 3 is 2.65 bits per heavy atom. The van der Waals surface area contributed by atoms with Crippen molar-refractivity contribution < 1.29 is 9.13 Å². The molecule has 8 heteroatoms. The van der Waals surface area contributed by atoms with Gasteiger partial charge in [0.2, 0.25) is 0 Å². The van der Waals surface area contributed by atoms with Crippen LogP contribution in [0.5, 0.6) is 5.75 Å². The summed E-state index contributed by atoms with van der Waals surface area (Å²) in [4.78, 5) is 0. The Morgan fingerprint density at radius 2 is 1.96 bits per heavy atom. The van der Waals surface area contributed by atoms with Gasteiger partial charge in [-0.05, 0) is 42.8 Å². The lowest BCUT2D eigenvalue weighted by atomic mass is 10.2. The molecule has 0 amide bonds. The first-order chi connectivity index (χ1) is 12.6. The van der Waals surface area contributed by atoms with Gasteiger partial charge in [0.05, 0.1) is 5.02 Å². The Balaban J connectivity index is 1.66. The highest BCUT2D eigenvalue weighted by molar-refractivity contribution is 9.10. The predicted molar refractivity (Wildman–Crippen MR) is 105 cm³/mol. The van der Waals surface area contributed by atoms with Gasteiger partial charge in [-0.15, -0.1) is 10.2 Å². The van der Waals surface area contributed by atoms with E-state index in [1.165, 1.54) is 23.8 Å². The molecule has 136 valence electrons. The summed E-state index contributed by atoms with van der Waals surface area (Å²) in [6, 6.07) is 12.2. The van der Waals surface area contributed by atoms with Gasteiger partial charge in [-0.1, -0.05) is 51.4 Å². The van der Waals surface area contributed by atoms with Gasteiger partial charge in [0.1, 0.15) is 18.2 Å². The fraction of sp³-hybridized carbons (Fsp3) is 0.222. The molecule has 0 N–H and O–H groups in total. The number of aromatic nitrogens is 3. The fourth-order valence-corrected chi connectivity index (χ4v) is 3.78. The van der Waals surface area contributed by atoms with Crippen LogP contribution in [0.25, 0.3) is 0 Å². The Bertz CT molecular complexity index is 889. The lowest BCUT2D eigenvalue weighted by Crippen LogP contribution is -2.07. The highest BCUT2D eigenvalue weighted by Gasteiger charge is 2.13. The summed E-state index contributed by atoms with van der Waals surface area (Å²) >= 11 is 11.0. The molecular weight excluding hydrogens is 441 g/mol. The molecule has 1 heterocycles. The second kappa shape index (κ2) is 8.88. The van der Waals surface area contributed by atoms with Gasteiger partial charge in [0.15, 0.2) is 11.0 Å². The maximum atomic E-state index is 13.1. The third kappa shape index (κ3) is 4.78. The number of halogens is 3. The van der Waals surface area contributed by atoms with Crippen molar-refractivity contribution in [1.29, 1.82) is 0 Å². The number of nitrogens with zero attached hydrogens (tertiary/aromatic N) is 3. The molecule has 0 saturated carbocycles. The summed E-state index contributed by atoms with van der Waals surface area (Å²) in [5.41, 5.74) is 1.21. The van der Waals surface area contributed by atoms with Gasteiger partial charge < -0.3 is 9.30 Å². The molecule has 3 aromatic rings. The first kappa shape index (κ1) is 19.2. The van der Waals surface area contributed by atoms with Crippen molar-refractivity contribution in [3.63, 3.8) is 0 Å². The van der Waals surface area contributed by atoms with E-state index in [1.807, 2.05) is 23.6 Å². The van der Waals surface area contributed by atoms with Gasteiger partial charge >= 0.3 is 0 Å². The van der Waals surface area contributed by atoms with E-state index >= 15 is 0 Å². The maximum Gasteiger partial charge on any atom is 0.191 e. The average molecular weight is 457 g/mol. The zero-order valence-electron chi connectivity index (χ0n) is 14.0. The Kier molecular flexibility index (Phi) is 6.56. The molecule has 4 nitrogen and oxygen atoms in total. The SMILES string of the molecule is CCn1c(COc2ccc(F)cc2Cl)nnc1SCc1ccc(Br)cc1. The molecule has 0 aliphatic rings. The Hall–Kier alpha value is -1.57. The van der Waals surface area contributed by atoms with Gasteiger partial charge in [-0.25, -0.2) is 4.39 Å². The van der Waals surface area contributed by atoms with Gasteiger partial charge in [-0.2, -0.15) is 0 Å². The molecule has 0 bridgehead atoms. The van der Waals surface area contributed by atoms with E-state index in [9.17, 15) is 4.39 Å². The van der Waals surface area contributed by atoms with E-state index in [-0.39, 0.29) is 11.6 Å². The number of rotatable bonds is 7. The standard InChI is InChI=1S/C18H16BrClFN3OS/c1-2-24-17(10-25-16-8-7-14(21)9-15(16)20)22-23-18(24)26-11-12-3-5-13(19)6-4-12/h3-9H,2,10-11H2,1H3.